The first kappa shape index (κ1) is 12.3. The maximum atomic E-state index is 3.49. The van der Waals surface area contributed by atoms with Gasteiger partial charge in [0.05, 0.1) is 0 Å². The minimum absolute atomic E-state index is 0.869. The Bertz CT molecular complexity index is 190. The predicted octanol–water partition coefficient (Wildman–Crippen LogP) is 1.16. The van der Waals surface area contributed by atoms with Gasteiger partial charge in [0.25, 0.3) is 0 Å². The van der Waals surface area contributed by atoms with Crippen molar-refractivity contribution in [3.63, 3.8) is 0 Å². The van der Waals surface area contributed by atoms with Crippen molar-refractivity contribution in [3.05, 3.63) is 0 Å². The van der Waals surface area contributed by atoms with E-state index in [0.717, 1.165) is 6.04 Å². The zero-order chi connectivity index (χ0) is 11.2. The van der Waals surface area contributed by atoms with E-state index in [2.05, 4.69) is 22.0 Å². The van der Waals surface area contributed by atoms with Gasteiger partial charge < -0.3 is 10.2 Å². The summed E-state index contributed by atoms with van der Waals surface area (Å²) in [6.45, 7) is 11.1. The van der Waals surface area contributed by atoms with Crippen LogP contribution in [0, 0.1) is 0 Å². The average molecular weight is 225 g/mol. The Kier molecular flexibility index (Phi) is 5.07. The van der Waals surface area contributed by atoms with E-state index in [-0.39, 0.29) is 0 Å². The van der Waals surface area contributed by atoms with Crippen LogP contribution in [0.5, 0.6) is 0 Å². The third kappa shape index (κ3) is 3.44. The average Bonchev–Trinajstić information content (AvgIpc) is 2.94. The third-order valence-electron chi connectivity index (χ3n) is 3.94. The molecule has 0 aromatic carbocycles. The molecule has 2 aliphatic rings. The molecule has 0 radical (unpaired) electrons. The number of nitrogens with zero attached hydrogens (tertiary/aromatic N) is 2. The molecule has 1 atom stereocenters. The zero-order valence-corrected chi connectivity index (χ0v) is 10.7. The second-order valence-electron chi connectivity index (χ2n) is 5.24. The van der Waals surface area contributed by atoms with Crippen molar-refractivity contribution in [1.82, 2.24) is 15.1 Å². The molecule has 94 valence electrons. The number of nitrogens with one attached hydrogen (secondary N) is 1. The zero-order valence-electron chi connectivity index (χ0n) is 10.7. The minimum Gasteiger partial charge on any atom is -0.315 e. The lowest BCUT2D eigenvalue weighted by atomic mass is 10.2. The molecule has 0 aromatic heterocycles. The molecule has 3 heteroatoms. The maximum absolute atomic E-state index is 3.49. The van der Waals surface area contributed by atoms with Crippen LogP contribution in [-0.4, -0.2) is 61.7 Å². The van der Waals surface area contributed by atoms with E-state index in [9.17, 15) is 0 Å². The summed E-state index contributed by atoms with van der Waals surface area (Å²) in [5.74, 6) is 0. The van der Waals surface area contributed by atoms with Crippen molar-refractivity contribution in [1.29, 1.82) is 0 Å². The summed E-state index contributed by atoms with van der Waals surface area (Å²) < 4.78 is 0. The van der Waals surface area contributed by atoms with Crippen LogP contribution in [0.3, 0.4) is 0 Å². The van der Waals surface area contributed by atoms with E-state index in [4.69, 9.17) is 0 Å². The monoisotopic (exact) mass is 225 g/mol. The van der Waals surface area contributed by atoms with Crippen molar-refractivity contribution < 1.29 is 0 Å². The molecule has 0 amide bonds. The highest BCUT2D eigenvalue weighted by Crippen LogP contribution is 2.19. The smallest absolute Gasteiger partial charge is 0.0235 e. The van der Waals surface area contributed by atoms with E-state index in [1.807, 2.05) is 0 Å². The van der Waals surface area contributed by atoms with Crippen LogP contribution >= 0.6 is 0 Å². The van der Waals surface area contributed by atoms with Gasteiger partial charge in [-0.15, -0.1) is 0 Å². The summed E-state index contributed by atoms with van der Waals surface area (Å²) in [6.07, 6.45) is 5.49. The van der Waals surface area contributed by atoms with Gasteiger partial charge in [-0.3, -0.25) is 4.90 Å². The summed E-state index contributed by atoms with van der Waals surface area (Å²) >= 11 is 0. The second kappa shape index (κ2) is 6.58. The fourth-order valence-corrected chi connectivity index (χ4v) is 2.96. The molecule has 2 saturated heterocycles. The first-order valence-corrected chi connectivity index (χ1v) is 7.07. The van der Waals surface area contributed by atoms with Crippen molar-refractivity contribution >= 4 is 0 Å². The van der Waals surface area contributed by atoms with Crippen molar-refractivity contribution in [2.45, 2.75) is 38.6 Å². The van der Waals surface area contributed by atoms with Gasteiger partial charge in [0.15, 0.2) is 0 Å². The van der Waals surface area contributed by atoms with Crippen LogP contribution in [-0.2, 0) is 0 Å². The molecule has 0 aliphatic carbocycles. The summed E-state index contributed by atoms with van der Waals surface area (Å²) in [7, 11) is 0. The Hall–Kier alpha value is -0.120. The molecular weight excluding hydrogens is 198 g/mol. The topological polar surface area (TPSA) is 18.5 Å². The number of hydrogen-bond acceptors (Lipinski definition) is 3. The van der Waals surface area contributed by atoms with Gasteiger partial charge in [-0.25, -0.2) is 0 Å². The molecule has 2 rings (SSSR count). The molecule has 1 unspecified atom stereocenters. The minimum atomic E-state index is 0.869. The van der Waals surface area contributed by atoms with Gasteiger partial charge >= 0.3 is 0 Å². The lowest BCUT2D eigenvalue weighted by Gasteiger charge is -2.23. The number of rotatable bonds is 6. The highest BCUT2D eigenvalue weighted by molar-refractivity contribution is 4.85. The Morgan fingerprint density at radius 3 is 2.69 bits per heavy atom. The molecule has 16 heavy (non-hydrogen) atoms. The molecule has 1 N–H and O–H groups in total. The number of hydrogen-bond donors (Lipinski definition) is 1. The van der Waals surface area contributed by atoms with Crippen molar-refractivity contribution in [3.8, 4) is 0 Å². The first-order valence-electron chi connectivity index (χ1n) is 7.07. The third-order valence-corrected chi connectivity index (χ3v) is 3.94. The first-order chi connectivity index (χ1) is 7.90. The van der Waals surface area contributed by atoms with E-state index in [0.29, 0.717) is 0 Å². The Morgan fingerprint density at radius 1 is 1.12 bits per heavy atom. The van der Waals surface area contributed by atoms with Crippen LogP contribution in [0.1, 0.15) is 32.6 Å². The quantitative estimate of drug-likeness (QED) is 0.684. The molecule has 0 saturated carbocycles. The van der Waals surface area contributed by atoms with E-state index >= 15 is 0 Å². The molecule has 3 nitrogen and oxygen atoms in total. The van der Waals surface area contributed by atoms with Crippen LogP contribution in [0.15, 0.2) is 0 Å². The lowest BCUT2D eigenvalue weighted by molar-refractivity contribution is 0.232. The molecule has 2 fully saturated rings. The SMILES string of the molecule is CCCNCCN1CCC(N2CCCC2)C1. The lowest BCUT2D eigenvalue weighted by Crippen LogP contribution is -2.37. The molecule has 0 bridgehead atoms. The molecule has 2 heterocycles. The maximum Gasteiger partial charge on any atom is 0.0235 e. The summed E-state index contributed by atoms with van der Waals surface area (Å²) in [4.78, 5) is 5.34. The highest BCUT2D eigenvalue weighted by atomic mass is 15.3. The van der Waals surface area contributed by atoms with E-state index < -0.39 is 0 Å². The summed E-state index contributed by atoms with van der Waals surface area (Å²) in [6, 6.07) is 0.869. The van der Waals surface area contributed by atoms with Gasteiger partial charge in [0, 0.05) is 25.7 Å². The normalized spacial score (nSPS) is 27.9. The largest absolute Gasteiger partial charge is 0.315 e. The molecule has 0 spiro atoms. The Labute approximate surface area is 100 Å². The number of likely N-dealkylation sites (tertiary alicyclic amines) is 2. The summed E-state index contributed by atoms with van der Waals surface area (Å²) in [5.41, 5.74) is 0. The fourth-order valence-electron chi connectivity index (χ4n) is 2.96. The second-order valence-corrected chi connectivity index (χ2v) is 5.24. The van der Waals surface area contributed by atoms with Crippen LogP contribution in [0.2, 0.25) is 0 Å². The van der Waals surface area contributed by atoms with Gasteiger partial charge in [-0.2, -0.15) is 0 Å². The van der Waals surface area contributed by atoms with Gasteiger partial charge in [0.2, 0.25) is 0 Å². The van der Waals surface area contributed by atoms with Gasteiger partial charge in [-0.1, -0.05) is 6.92 Å². The molecule has 2 aliphatic heterocycles. The summed E-state index contributed by atoms with van der Waals surface area (Å²) in [5, 5.41) is 3.49. The highest BCUT2D eigenvalue weighted by Gasteiger charge is 2.28. The van der Waals surface area contributed by atoms with Crippen molar-refractivity contribution in [2.75, 3.05) is 45.8 Å². The van der Waals surface area contributed by atoms with E-state index in [1.165, 1.54) is 71.5 Å². The molecular formula is C13H27N3. The van der Waals surface area contributed by atoms with Gasteiger partial charge in [0.1, 0.15) is 0 Å². The van der Waals surface area contributed by atoms with Crippen LogP contribution in [0.25, 0.3) is 0 Å². The van der Waals surface area contributed by atoms with E-state index in [1.54, 1.807) is 0 Å². The Balaban J connectivity index is 1.59. The van der Waals surface area contributed by atoms with Crippen LogP contribution in [0.4, 0.5) is 0 Å². The van der Waals surface area contributed by atoms with Crippen LogP contribution < -0.4 is 5.32 Å². The molecule has 0 aromatic rings. The Morgan fingerprint density at radius 2 is 1.94 bits per heavy atom. The van der Waals surface area contributed by atoms with Crippen molar-refractivity contribution in [2.24, 2.45) is 0 Å². The van der Waals surface area contributed by atoms with Gasteiger partial charge in [-0.05, 0) is 51.9 Å². The fraction of sp³-hybridized carbons (Fsp3) is 1.00. The standard InChI is InChI=1S/C13H27N3/c1-2-6-14-7-11-15-10-5-13(12-15)16-8-3-4-9-16/h13-14H,2-12H2,1H3. The predicted molar refractivity (Wildman–Crippen MR) is 68.8 cm³/mol.